The van der Waals surface area contributed by atoms with Gasteiger partial charge in [0.15, 0.2) is 0 Å². The Hall–Kier alpha value is -2.40. The number of rotatable bonds is 7. The summed E-state index contributed by atoms with van der Waals surface area (Å²) in [6, 6.07) is 14.2. The number of anilines is 1. The van der Waals surface area contributed by atoms with E-state index in [1.165, 1.54) is 12.5 Å². The van der Waals surface area contributed by atoms with E-state index < -0.39 is 5.41 Å². The van der Waals surface area contributed by atoms with E-state index in [4.69, 9.17) is 4.74 Å². The van der Waals surface area contributed by atoms with Crippen molar-refractivity contribution < 1.29 is 13.9 Å². The Morgan fingerprint density at radius 2 is 1.72 bits per heavy atom. The van der Waals surface area contributed by atoms with E-state index in [9.17, 15) is 9.18 Å². The first-order chi connectivity index (χ1) is 15.5. The maximum Gasteiger partial charge on any atom is 0.235 e. The number of piperidine rings is 1. The third-order valence-electron chi connectivity index (χ3n) is 7.01. The van der Waals surface area contributed by atoms with Gasteiger partial charge in [0.25, 0.3) is 0 Å². The van der Waals surface area contributed by atoms with Gasteiger partial charge < -0.3 is 10.1 Å². The summed E-state index contributed by atoms with van der Waals surface area (Å²) in [6.07, 6.45) is 4.53. The van der Waals surface area contributed by atoms with Crippen LogP contribution in [0.4, 0.5) is 10.1 Å². The molecule has 0 bridgehead atoms. The number of hydrogen-bond acceptors (Lipinski definition) is 3. The van der Waals surface area contributed by atoms with Crippen molar-refractivity contribution in [1.29, 1.82) is 0 Å². The molecule has 1 aliphatic carbocycles. The van der Waals surface area contributed by atoms with Crippen LogP contribution in [0.25, 0.3) is 0 Å². The molecule has 172 valence electrons. The third kappa shape index (κ3) is 5.15. The normalized spacial score (nSPS) is 23.1. The first-order valence-electron chi connectivity index (χ1n) is 12.0. The van der Waals surface area contributed by atoms with Crippen LogP contribution in [0.1, 0.15) is 51.5 Å². The Kier molecular flexibility index (Phi) is 7.14. The summed E-state index contributed by atoms with van der Waals surface area (Å²) >= 11 is 0. The minimum absolute atomic E-state index is 0.123. The Morgan fingerprint density at radius 3 is 2.38 bits per heavy atom. The molecule has 2 unspecified atom stereocenters. The molecule has 0 aromatic heterocycles. The molecule has 1 aliphatic heterocycles. The fraction of sp³-hybridized carbons (Fsp3) is 0.519. The first kappa shape index (κ1) is 22.8. The number of likely N-dealkylation sites (tertiary alicyclic amines) is 1. The van der Waals surface area contributed by atoms with Gasteiger partial charge in [-0.25, -0.2) is 4.39 Å². The SMILES string of the molecule is CC1CC(C)CN(CCOc2ccc(NC(=O)C3(c4ccccc4F)CCCC3)cc2)C1. The zero-order valence-corrected chi connectivity index (χ0v) is 19.3. The molecule has 2 aliphatic rings. The van der Waals surface area contributed by atoms with E-state index in [-0.39, 0.29) is 11.7 Å². The standard InChI is InChI=1S/C27H35FN2O2/c1-20-17-21(2)19-30(18-20)15-16-32-23-11-9-22(10-12-23)29-26(31)27(13-5-6-14-27)24-7-3-4-8-25(24)28/h3-4,7-12,20-21H,5-6,13-19H2,1-2H3,(H,29,31). The number of benzene rings is 2. The highest BCUT2D eigenvalue weighted by Crippen LogP contribution is 2.43. The molecule has 4 nitrogen and oxygen atoms in total. The highest BCUT2D eigenvalue weighted by molar-refractivity contribution is 5.99. The van der Waals surface area contributed by atoms with Crippen LogP contribution in [-0.4, -0.2) is 37.0 Å². The molecule has 1 amide bonds. The molecule has 5 heteroatoms. The molecule has 4 rings (SSSR count). The molecule has 0 radical (unpaired) electrons. The second-order valence-corrected chi connectivity index (χ2v) is 9.80. The number of amides is 1. The van der Waals surface area contributed by atoms with E-state index in [0.29, 0.717) is 30.7 Å². The van der Waals surface area contributed by atoms with Crippen LogP contribution in [0.3, 0.4) is 0 Å². The van der Waals surface area contributed by atoms with Gasteiger partial charge in [-0.15, -0.1) is 0 Å². The molecule has 2 aromatic rings. The van der Waals surface area contributed by atoms with Crippen molar-refractivity contribution in [2.45, 2.75) is 51.4 Å². The summed E-state index contributed by atoms with van der Waals surface area (Å²) in [4.78, 5) is 15.7. The predicted octanol–water partition coefficient (Wildman–Crippen LogP) is 5.63. The number of carbonyl (C=O) groups is 1. The first-order valence-corrected chi connectivity index (χ1v) is 12.0. The van der Waals surface area contributed by atoms with E-state index in [1.54, 1.807) is 12.1 Å². The lowest BCUT2D eigenvalue weighted by molar-refractivity contribution is -0.121. The van der Waals surface area contributed by atoms with Crippen molar-refractivity contribution in [2.24, 2.45) is 11.8 Å². The van der Waals surface area contributed by atoms with Crippen molar-refractivity contribution in [3.8, 4) is 5.75 Å². The fourth-order valence-electron chi connectivity index (χ4n) is 5.60. The average molecular weight is 439 g/mol. The maximum absolute atomic E-state index is 14.5. The van der Waals surface area contributed by atoms with Gasteiger partial charge in [0.2, 0.25) is 5.91 Å². The highest BCUT2D eigenvalue weighted by atomic mass is 19.1. The van der Waals surface area contributed by atoms with Crippen LogP contribution in [0, 0.1) is 17.7 Å². The summed E-state index contributed by atoms with van der Waals surface area (Å²) in [5.41, 5.74) is 0.434. The van der Waals surface area contributed by atoms with Gasteiger partial charge in [-0.05, 0) is 61.4 Å². The zero-order valence-electron chi connectivity index (χ0n) is 19.3. The second kappa shape index (κ2) is 10.0. The number of nitrogens with one attached hydrogen (secondary N) is 1. The Labute approximate surface area is 191 Å². The van der Waals surface area contributed by atoms with Crippen molar-refractivity contribution in [2.75, 3.05) is 31.6 Å². The average Bonchev–Trinajstić information content (AvgIpc) is 3.26. The Balaban J connectivity index is 1.34. The summed E-state index contributed by atoms with van der Waals surface area (Å²) in [5, 5.41) is 3.03. The number of ether oxygens (including phenoxy) is 1. The smallest absolute Gasteiger partial charge is 0.235 e. The summed E-state index contributed by atoms with van der Waals surface area (Å²) in [6.45, 7) is 8.50. The molecule has 0 spiro atoms. The molecule has 1 saturated carbocycles. The van der Waals surface area contributed by atoms with Gasteiger partial charge in [0, 0.05) is 30.9 Å². The highest BCUT2D eigenvalue weighted by Gasteiger charge is 2.44. The van der Waals surface area contributed by atoms with Crippen molar-refractivity contribution in [1.82, 2.24) is 4.90 Å². The van der Waals surface area contributed by atoms with E-state index in [1.807, 2.05) is 30.3 Å². The summed E-state index contributed by atoms with van der Waals surface area (Å²) in [5.74, 6) is 1.86. The van der Waals surface area contributed by atoms with Crippen LogP contribution in [0.15, 0.2) is 48.5 Å². The largest absolute Gasteiger partial charge is 0.492 e. The molecule has 32 heavy (non-hydrogen) atoms. The van der Waals surface area contributed by atoms with Crippen LogP contribution in [-0.2, 0) is 10.2 Å². The minimum Gasteiger partial charge on any atom is -0.492 e. The van der Waals surface area contributed by atoms with Gasteiger partial charge in [-0.2, -0.15) is 0 Å². The van der Waals surface area contributed by atoms with E-state index in [0.717, 1.165) is 50.1 Å². The van der Waals surface area contributed by atoms with Gasteiger partial charge in [0.05, 0.1) is 5.41 Å². The van der Waals surface area contributed by atoms with Gasteiger partial charge in [-0.3, -0.25) is 9.69 Å². The van der Waals surface area contributed by atoms with Gasteiger partial charge in [-0.1, -0.05) is 44.9 Å². The topological polar surface area (TPSA) is 41.6 Å². The lowest BCUT2D eigenvalue weighted by atomic mass is 9.77. The van der Waals surface area contributed by atoms with E-state index >= 15 is 0 Å². The lowest BCUT2D eigenvalue weighted by Crippen LogP contribution is -2.40. The van der Waals surface area contributed by atoms with Crippen molar-refractivity contribution >= 4 is 11.6 Å². The molecule has 1 saturated heterocycles. The molecular weight excluding hydrogens is 403 g/mol. The van der Waals surface area contributed by atoms with Crippen LogP contribution in [0.5, 0.6) is 5.75 Å². The fourth-order valence-corrected chi connectivity index (χ4v) is 5.60. The number of hydrogen-bond donors (Lipinski definition) is 1. The van der Waals surface area contributed by atoms with Crippen LogP contribution < -0.4 is 10.1 Å². The second-order valence-electron chi connectivity index (χ2n) is 9.80. The summed E-state index contributed by atoms with van der Waals surface area (Å²) in [7, 11) is 0. The molecule has 2 atom stereocenters. The monoisotopic (exact) mass is 438 g/mol. The maximum atomic E-state index is 14.5. The number of carbonyl (C=O) groups excluding carboxylic acids is 1. The molecule has 1 heterocycles. The van der Waals surface area contributed by atoms with Gasteiger partial charge in [0.1, 0.15) is 18.2 Å². The molecule has 1 N–H and O–H groups in total. The molecule has 2 fully saturated rings. The minimum atomic E-state index is -0.788. The van der Waals surface area contributed by atoms with E-state index in [2.05, 4.69) is 24.1 Å². The molecular formula is C27H35FN2O2. The third-order valence-corrected chi connectivity index (χ3v) is 7.01. The van der Waals surface area contributed by atoms with Gasteiger partial charge >= 0.3 is 0 Å². The Bertz CT molecular complexity index is 898. The van der Waals surface area contributed by atoms with Crippen LogP contribution >= 0.6 is 0 Å². The predicted molar refractivity (Wildman–Crippen MR) is 126 cm³/mol. The zero-order chi connectivity index (χ0) is 22.6. The van der Waals surface area contributed by atoms with Crippen molar-refractivity contribution in [3.05, 3.63) is 59.9 Å². The quantitative estimate of drug-likeness (QED) is 0.609. The summed E-state index contributed by atoms with van der Waals surface area (Å²) < 4.78 is 20.5. The number of nitrogens with zero attached hydrogens (tertiary/aromatic N) is 1. The molecule has 2 aromatic carbocycles. The Morgan fingerprint density at radius 1 is 1.06 bits per heavy atom. The lowest BCUT2D eigenvalue weighted by Gasteiger charge is -2.34. The number of halogens is 1. The van der Waals surface area contributed by atoms with Crippen molar-refractivity contribution in [3.63, 3.8) is 0 Å². The van der Waals surface area contributed by atoms with Crippen LogP contribution in [0.2, 0.25) is 0 Å².